The van der Waals surface area contributed by atoms with Gasteiger partial charge >= 0.3 is 0 Å². The predicted molar refractivity (Wildman–Crippen MR) is 62.0 cm³/mol. The third-order valence-electron chi connectivity index (χ3n) is 1.78. The Labute approximate surface area is 95.0 Å². The number of aromatic nitrogens is 2. The number of nitrogens with one attached hydrogen (secondary N) is 2. The molecule has 6 nitrogen and oxygen atoms in total. The molecule has 0 aromatic carbocycles. The molecule has 16 heavy (non-hydrogen) atoms. The van der Waals surface area contributed by atoms with Crippen LogP contribution in [-0.2, 0) is 0 Å². The van der Waals surface area contributed by atoms with Gasteiger partial charge in [-0.2, -0.15) is 0 Å². The highest BCUT2D eigenvalue weighted by Gasteiger charge is 2.07. The average molecular weight is 223 g/mol. The second kappa shape index (κ2) is 6.02. The number of hydrogen-bond acceptors (Lipinski definition) is 5. The fraction of sp³-hybridized carbons (Fsp3) is 0.500. The highest BCUT2D eigenvalue weighted by molar-refractivity contribution is 5.91. The number of carbonyl (C=O) groups excluding carboxylic acids is 1. The van der Waals surface area contributed by atoms with E-state index < -0.39 is 0 Å². The maximum atomic E-state index is 11.5. The molecule has 88 valence electrons. The van der Waals surface area contributed by atoms with Crippen LogP contribution in [-0.4, -0.2) is 41.8 Å². The lowest BCUT2D eigenvalue weighted by molar-refractivity contribution is 0.0850. The Morgan fingerprint density at radius 2 is 2.12 bits per heavy atom. The number of anilines is 1. The van der Waals surface area contributed by atoms with Gasteiger partial charge in [0.25, 0.3) is 5.91 Å². The highest BCUT2D eigenvalue weighted by atomic mass is 16.2. The third kappa shape index (κ3) is 3.82. The third-order valence-corrected chi connectivity index (χ3v) is 1.78. The van der Waals surface area contributed by atoms with E-state index >= 15 is 0 Å². The monoisotopic (exact) mass is 223 g/mol. The van der Waals surface area contributed by atoms with E-state index in [1.807, 2.05) is 0 Å². The normalized spacial score (nSPS) is 10.2. The molecule has 0 atom stereocenters. The van der Waals surface area contributed by atoms with Crippen LogP contribution in [0, 0.1) is 0 Å². The van der Waals surface area contributed by atoms with Gasteiger partial charge in [0.05, 0.1) is 0 Å². The number of carbonyl (C=O) groups is 1. The van der Waals surface area contributed by atoms with Crippen LogP contribution in [0.5, 0.6) is 0 Å². The number of hydrogen-bond donors (Lipinski definition) is 2. The average Bonchev–Trinajstić information content (AvgIpc) is 2.26. The Kier molecular flexibility index (Phi) is 4.65. The molecule has 6 heteroatoms. The summed E-state index contributed by atoms with van der Waals surface area (Å²) in [6, 6.07) is 3.39. The Bertz CT molecular complexity index is 336. The van der Waals surface area contributed by atoms with Gasteiger partial charge in [-0.25, -0.2) is 5.01 Å². The molecule has 2 N–H and O–H groups in total. The van der Waals surface area contributed by atoms with Crippen molar-refractivity contribution in [2.45, 2.75) is 13.3 Å². The summed E-state index contributed by atoms with van der Waals surface area (Å²) >= 11 is 0. The molecule has 0 saturated carbocycles. The summed E-state index contributed by atoms with van der Waals surface area (Å²) in [5.74, 6) is 0.419. The fourth-order valence-electron chi connectivity index (χ4n) is 1.06. The van der Waals surface area contributed by atoms with Crippen LogP contribution in [0.4, 0.5) is 5.82 Å². The zero-order valence-corrected chi connectivity index (χ0v) is 9.82. The minimum atomic E-state index is -0.264. The first-order chi connectivity index (χ1) is 7.63. The molecule has 0 fully saturated rings. The van der Waals surface area contributed by atoms with Gasteiger partial charge in [0, 0.05) is 20.6 Å². The molecule has 0 radical (unpaired) electrons. The van der Waals surface area contributed by atoms with Crippen molar-refractivity contribution < 1.29 is 4.79 Å². The van der Waals surface area contributed by atoms with E-state index in [0.717, 1.165) is 13.0 Å². The summed E-state index contributed by atoms with van der Waals surface area (Å²) in [7, 11) is 3.48. The van der Waals surface area contributed by atoms with E-state index in [0.29, 0.717) is 11.5 Å². The molecule has 0 aliphatic carbocycles. The Morgan fingerprint density at radius 3 is 2.62 bits per heavy atom. The van der Waals surface area contributed by atoms with E-state index in [4.69, 9.17) is 0 Å². The summed E-state index contributed by atoms with van der Waals surface area (Å²) in [6.07, 6.45) is 1.02. The molecule has 1 rings (SSSR count). The molecule has 0 aliphatic heterocycles. The van der Waals surface area contributed by atoms with Gasteiger partial charge in [-0.15, -0.1) is 10.2 Å². The van der Waals surface area contributed by atoms with E-state index in [1.54, 1.807) is 31.2 Å². The first kappa shape index (κ1) is 12.4. The number of hydrazine groups is 1. The maximum absolute atomic E-state index is 11.5. The molecule has 0 saturated heterocycles. The summed E-state index contributed by atoms with van der Waals surface area (Å²) in [5.41, 5.74) is 2.89. The van der Waals surface area contributed by atoms with Gasteiger partial charge in [-0.1, -0.05) is 6.92 Å². The van der Waals surface area contributed by atoms with Gasteiger partial charge in [0.2, 0.25) is 0 Å². The van der Waals surface area contributed by atoms with Crippen molar-refractivity contribution in [3.8, 4) is 0 Å². The summed E-state index contributed by atoms with van der Waals surface area (Å²) in [4.78, 5) is 11.5. The Balaban J connectivity index is 2.60. The second-order valence-corrected chi connectivity index (χ2v) is 3.57. The lowest BCUT2D eigenvalue weighted by Crippen LogP contribution is -2.36. The zero-order chi connectivity index (χ0) is 12.0. The van der Waals surface area contributed by atoms with Gasteiger partial charge in [0.1, 0.15) is 5.82 Å². The van der Waals surface area contributed by atoms with Crippen LogP contribution in [0.1, 0.15) is 23.8 Å². The van der Waals surface area contributed by atoms with E-state index in [-0.39, 0.29) is 5.91 Å². The lowest BCUT2D eigenvalue weighted by atomic mass is 10.3. The van der Waals surface area contributed by atoms with Crippen molar-refractivity contribution >= 4 is 11.7 Å². The SMILES string of the molecule is CCCNc1ccc(C(=O)NN(C)C)nn1. The fourth-order valence-corrected chi connectivity index (χ4v) is 1.06. The summed E-state index contributed by atoms with van der Waals surface area (Å²) < 4.78 is 0. The minimum Gasteiger partial charge on any atom is -0.369 e. The number of rotatable bonds is 5. The van der Waals surface area contributed by atoms with E-state index in [9.17, 15) is 4.79 Å². The molecule has 0 spiro atoms. The molecule has 1 heterocycles. The first-order valence-corrected chi connectivity index (χ1v) is 5.19. The van der Waals surface area contributed by atoms with E-state index in [1.165, 1.54) is 0 Å². The molecule has 1 aromatic rings. The van der Waals surface area contributed by atoms with Gasteiger partial charge in [-0.05, 0) is 18.6 Å². The molecule has 1 aromatic heterocycles. The van der Waals surface area contributed by atoms with Crippen molar-refractivity contribution in [1.82, 2.24) is 20.6 Å². The van der Waals surface area contributed by atoms with Crippen LogP contribution in [0.15, 0.2) is 12.1 Å². The summed E-state index contributed by atoms with van der Waals surface area (Å²) in [5, 5.41) is 12.4. The summed E-state index contributed by atoms with van der Waals surface area (Å²) in [6.45, 7) is 2.91. The van der Waals surface area contributed by atoms with Crippen LogP contribution < -0.4 is 10.7 Å². The van der Waals surface area contributed by atoms with Crippen LogP contribution in [0.2, 0.25) is 0 Å². The van der Waals surface area contributed by atoms with Crippen LogP contribution in [0.25, 0.3) is 0 Å². The Hall–Kier alpha value is -1.69. The topological polar surface area (TPSA) is 70.2 Å². The van der Waals surface area contributed by atoms with Crippen molar-refractivity contribution in [2.24, 2.45) is 0 Å². The number of amides is 1. The van der Waals surface area contributed by atoms with Crippen LogP contribution in [0.3, 0.4) is 0 Å². The van der Waals surface area contributed by atoms with E-state index in [2.05, 4.69) is 27.9 Å². The minimum absolute atomic E-state index is 0.264. The van der Waals surface area contributed by atoms with Crippen molar-refractivity contribution in [1.29, 1.82) is 0 Å². The van der Waals surface area contributed by atoms with Gasteiger partial charge in [-0.3, -0.25) is 10.2 Å². The van der Waals surface area contributed by atoms with Gasteiger partial charge in [0.15, 0.2) is 5.69 Å². The largest absolute Gasteiger partial charge is 0.369 e. The number of nitrogens with zero attached hydrogens (tertiary/aromatic N) is 3. The van der Waals surface area contributed by atoms with Crippen molar-refractivity contribution in [3.63, 3.8) is 0 Å². The molecular formula is C10H17N5O. The standard InChI is InChI=1S/C10H17N5O/c1-4-7-11-9-6-5-8(12-13-9)10(16)14-15(2)3/h5-6H,4,7H2,1-3H3,(H,11,13)(H,14,16). The molecule has 1 amide bonds. The Morgan fingerprint density at radius 1 is 1.38 bits per heavy atom. The van der Waals surface area contributed by atoms with Crippen molar-refractivity contribution in [2.75, 3.05) is 26.0 Å². The first-order valence-electron chi connectivity index (χ1n) is 5.19. The molecule has 0 unspecified atom stereocenters. The highest BCUT2D eigenvalue weighted by Crippen LogP contribution is 2.01. The molecular weight excluding hydrogens is 206 g/mol. The molecule has 0 aliphatic rings. The van der Waals surface area contributed by atoms with Crippen LogP contribution >= 0.6 is 0 Å². The van der Waals surface area contributed by atoms with Crippen molar-refractivity contribution in [3.05, 3.63) is 17.8 Å². The smallest absolute Gasteiger partial charge is 0.286 e. The van der Waals surface area contributed by atoms with Gasteiger partial charge < -0.3 is 5.32 Å². The second-order valence-electron chi connectivity index (χ2n) is 3.57. The maximum Gasteiger partial charge on any atom is 0.286 e. The lowest BCUT2D eigenvalue weighted by Gasteiger charge is -2.10. The zero-order valence-electron chi connectivity index (χ0n) is 9.82. The quantitative estimate of drug-likeness (QED) is 0.711. The molecule has 0 bridgehead atoms. The predicted octanol–water partition coefficient (Wildman–Crippen LogP) is 0.505.